The molecule has 0 saturated heterocycles. The van der Waals surface area contributed by atoms with E-state index in [0.717, 1.165) is 0 Å². The molecule has 0 atom stereocenters. The SMILES string of the molecule is COc1ncc(-c2nc(N)c(Cl)c(C=O)n2)cn1. The number of nitrogens with zero attached hydrogens (tertiary/aromatic N) is 4. The summed E-state index contributed by atoms with van der Waals surface area (Å²) in [5.74, 6) is 0.251. The number of hydrogen-bond acceptors (Lipinski definition) is 7. The molecule has 0 aliphatic heterocycles. The standard InChI is InChI=1S/C10H8ClN5O2/c1-18-10-13-2-5(3-14-10)9-15-6(4-17)7(11)8(12)16-9/h2-4H,1H3,(H2,12,15,16). The molecule has 2 N–H and O–H groups in total. The zero-order valence-electron chi connectivity index (χ0n) is 9.29. The van der Waals surface area contributed by atoms with Gasteiger partial charge in [-0.1, -0.05) is 11.6 Å². The minimum absolute atomic E-state index is 0.0231. The second kappa shape index (κ2) is 4.92. The number of halogens is 1. The van der Waals surface area contributed by atoms with E-state index in [1.54, 1.807) is 0 Å². The van der Waals surface area contributed by atoms with Crippen molar-refractivity contribution >= 4 is 23.7 Å². The molecule has 18 heavy (non-hydrogen) atoms. The van der Waals surface area contributed by atoms with Crippen molar-refractivity contribution in [2.24, 2.45) is 0 Å². The number of hydrogen-bond donors (Lipinski definition) is 1. The maximum Gasteiger partial charge on any atom is 0.316 e. The summed E-state index contributed by atoms with van der Waals surface area (Å²) in [4.78, 5) is 26.5. The molecule has 0 aliphatic rings. The van der Waals surface area contributed by atoms with E-state index in [1.807, 2.05) is 0 Å². The van der Waals surface area contributed by atoms with Gasteiger partial charge in [0.2, 0.25) is 0 Å². The Morgan fingerprint density at radius 1 is 1.33 bits per heavy atom. The molecule has 0 aromatic carbocycles. The van der Waals surface area contributed by atoms with E-state index in [2.05, 4.69) is 19.9 Å². The Labute approximate surface area is 107 Å². The number of carbonyl (C=O) groups is 1. The van der Waals surface area contributed by atoms with Crippen LogP contribution >= 0.6 is 11.6 Å². The van der Waals surface area contributed by atoms with Crippen molar-refractivity contribution in [1.82, 2.24) is 19.9 Å². The van der Waals surface area contributed by atoms with Crippen LogP contribution in [-0.2, 0) is 0 Å². The average Bonchev–Trinajstić information content (AvgIpc) is 2.42. The lowest BCUT2D eigenvalue weighted by Crippen LogP contribution is -2.02. The van der Waals surface area contributed by atoms with Crippen molar-refractivity contribution in [3.8, 4) is 17.4 Å². The second-order valence-electron chi connectivity index (χ2n) is 3.21. The molecule has 8 heteroatoms. The predicted octanol–water partition coefficient (Wildman–Crippen LogP) is 0.990. The fraction of sp³-hybridized carbons (Fsp3) is 0.100. The maximum atomic E-state index is 10.8. The van der Waals surface area contributed by atoms with Crippen LogP contribution in [0.5, 0.6) is 6.01 Å². The first-order chi connectivity index (χ1) is 8.65. The van der Waals surface area contributed by atoms with Crippen LogP contribution in [0.2, 0.25) is 5.02 Å². The van der Waals surface area contributed by atoms with Crippen molar-refractivity contribution in [3.05, 3.63) is 23.1 Å². The van der Waals surface area contributed by atoms with Gasteiger partial charge >= 0.3 is 6.01 Å². The first-order valence-electron chi connectivity index (χ1n) is 4.80. The third kappa shape index (κ3) is 2.21. The van der Waals surface area contributed by atoms with Gasteiger partial charge < -0.3 is 10.5 Å². The lowest BCUT2D eigenvalue weighted by molar-refractivity contribution is 0.111. The Kier molecular flexibility index (Phi) is 3.33. The molecule has 0 amide bonds. The Morgan fingerprint density at radius 3 is 2.56 bits per heavy atom. The van der Waals surface area contributed by atoms with Crippen LogP contribution in [-0.4, -0.2) is 33.3 Å². The number of anilines is 1. The monoisotopic (exact) mass is 265 g/mol. The molecule has 0 fully saturated rings. The van der Waals surface area contributed by atoms with Gasteiger partial charge in [-0.2, -0.15) is 0 Å². The number of nitrogens with two attached hydrogens (primary N) is 1. The van der Waals surface area contributed by atoms with E-state index < -0.39 is 0 Å². The first-order valence-corrected chi connectivity index (χ1v) is 5.18. The Hall–Kier alpha value is -2.28. The van der Waals surface area contributed by atoms with E-state index in [9.17, 15) is 4.79 Å². The van der Waals surface area contributed by atoms with Gasteiger partial charge in [-0.25, -0.2) is 19.9 Å². The summed E-state index contributed by atoms with van der Waals surface area (Å²) < 4.78 is 4.83. The van der Waals surface area contributed by atoms with Crippen LogP contribution in [0.25, 0.3) is 11.4 Å². The molecule has 0 saturated carbocycles. The van der Waals surface area contributed by atoms with Gasteiger partial charge in [0.15, 0.2) is 12.1 Å². The summed E-state index contributed by atoms with van der Waals surface area (Å²) >= 11 is 5.77. The summed E-state index contributed by atoms with van der Waals surface area (Å²) in [6.07, 6.45) is 3.43. The molecular formula is C10H8ClN5O2. The lowest BCUT2D eigenvalue weighted by atomic mass is 10.3. The predicted molar refractivity (Wildman–Crippen MR) is 64.4 cm³/mol. The van der Waals surface area contributed by atoms with Crippen LogP contribution in [0.4, 0.5) is 5.82 Å². The number of aldehydes is 1. The summed E-state index contributed by atoms with van der Waals surface area (Å²) in [7, 11) is 1.45. The second-order valence-corrected chi connectivity index (χ2v) is 3.59. The maximum absolute atomic E-state index is 10.8. The van der Waals surface area contributed by atoms with Gasteiger partial charge in [-0.3, -0.25) is 4.79 Å². The van der Waals surface area contributed by atoms with E-state index in [-0.39, 0.29) is 28.4 Å². The number of rotatable bonds is 3. The Bertz CT molecular complexity index is 588. The quantitative estimate of drug-likeness (QED) is 0.825. The van der Waals surface area contributed by atoms with E-state index in [4.69, 9.17) is 22.1 Å². The van der Waals surface area contributed by atoms with Crippen LogP contribution < -0.4 is 10.5 Å². The molecule has 2 aromatic heterocycles. The Morgan fingerprint density at radius 2 is 2.00 bits per heavy atom. The summed E-state index contributed by atoms with van der Waals surface area (Å²) in [6.45, 7) is 0. The molecule has 0 bridgehead atoms. The molecule has 0 spiro atoms. The van der Waals surface area contributed by atoms with Crippen molar-refractivity contribution in [2.75, 3.05) is 12.8 Å². The van der Waals surface area contributed by atoms with Crippen molar-refractivity contribution in [1.29, 1.82) is 0 Å². The molecule has 92 valence electrons. The highest BCUT2D eigenvalue weighted by Crippen LogP contribution is 2.23. The molecule has 0 aliphatic carbocycles. The number of nitrogen functional groups attached to an aromatic ring is 1. The number of ether oxygens (including phenoxy) is 1. The summed E-state index contributed by atoms with van der Waals surface area (Å²) in [6, 6.07) is 0.219. The molecule has 0 radical (unpaired) electrons. The molecule has 2 heterocycles. The van der Waals surface area contributed by atoms with Gasteiger partial charge in [0.05, 0.1) is 12.7 Å². The van der Waals surface area contributed by atoms with Crippen molar-refractivity contribution in [2.45, 2.75) is 0 Å². The van der Waals surface area contributed by atoms with Crippen LogP contribution in [0.3, 0.4) is 0 Å². The van der Waals surface area contributed by atoms with Gasteiger partial charge in [-0.15, -0.1) is 0 Å². The van der Waals surface area contributed by atoms with Crippen LogP contribution in [0, 0.1) is 0 Å². The largest absolute Gasteiger partial charge is 0.467 e. The number of carbonyl (C=O) groups excluding carboxylic acids is 1. The molecule has 7 nitrogen and oxygen atoms in total. The Balaban J connectivity index is 2.49. The van der Waals surface area contributed by atoms with E-state index in [1.165, 1.54) is 19.5 Å². The molecule has 2 aromatic rings. The summed E-state index contributed by atoms with van der Waals surface area (Å²) in [5.41, 5.74) is 6.11. The van der Waals surface area contributed by atoms with Crippen LogP contribution in [0.1, 0.15) is 10.5 Å². The van der Waals surface area contributed by atoms with E-state index >= 15 is 0 Å². The third-order valence-electron chi connectivity index (χ3n) is 2.08. The fourth-order valence-electron chi connectivity index (χ4n) is 1.23. The first kappa shape index (κ1) is 12.2. The smallest absolute Gasteiger partial charge is 0.316 e. The third-order valence-corrected chi connectivity index (χ3v) is 2.47. The number of methoxy groups -OCH3 is 1. The molecular weight excluding hydrogens is 258 g/mol. The van der Waals surface area contributed by atoms with Gasteiger partial charge in [-0.05, 0) is 0 Å². The highest BCUT2D eigenvalue weighted by Gasteiger charge is 2.12. The fourth-order valence-corrected chi connectivity index (χ4v) is 1.36. The highest BCUT2D eigenvalue weighted by molar-refractivity contribution is 6.34. The van der Waals surface area contributed by atoms with E-state index in [0.29, 0.717) is 11.8 Å². The zero-order chi connectivity index (χ0) is 13.1. The normalized spacial score (nSPS) is 10.1. The van der Waals surface area contributed by atoms with Crippen molar-refractivity contribution < 1.29 is 9.53 Å². The topological polar surface area (TPSA) is 104 Å². The molecule has 0 unspecified atom stereocenters. The van der Waals surface area contributed by atoms with Crippen molar-refractivity contribution in [3.63, 3.8) is 0 Å². The average molecular weight is 266 g/mol. The minimum Gasteiger partial charge on any atom is -0.467 e. The van der Waals surface area contributed by atoms with Gasteiger partial charge in [0.25, 0.3) is 0 Å². The van der Waals surface area contributed by atoms with Crippen LogP contribution in [0.15, 0.2) is 12.4 Å². The highest BCUT2D eigenvalue weighted by atomic mass is 35.5. The minimum atomic E-state index is 0.0231. The van der Waals surface area contributed by atoms with Gasteiger partial charge in [0.1, 0.15) is 16.5 Å². The molecule has 2 rings (SSSR count). The number of aromatic nitrogens is 4. The zero-order valence-corrected chi connectivity index (χ0v) is 10.0. The lowest BCUT2D eigenvalue weighted by Gasteiger charge is -2.04. The summed E-state index contributed by atoms with van der Waals surface area (Å²) in [5, 5.41) is 0.0307. The van der Waals surface area contributed by atoms with Gasteiger partial charge in [0, 0.05) is 12.4 Å².